The van der Waals surface area contributed by atoms with Crippen LogP contribution in [0.15, 0.2) is 12.1 Å². The summed E-state index contributed by atoms with van der Waals surface area (Å²) in [6.07, 6.45) is 1.18. The fraction of sp³-hybridized carbons (Fsp3) is 0.765. The van der Waals surface area contributed by atoms with E-state index in [1.165, 1.54) is 16.2 Å². The van der Waals surface area contributed by atoms with E-state index in [0.29, 0.717) is 5.41 Å². The highest BCUT2D eigenvalue weighted by molar-refractivity contribution is 7.12. The van der Waals surface area contributed by atoms with E-state index in [9.17, 15) is 0 Å². The van der Waals surface area contributed by atoms with Crippen molar-refractivity contribution in [2.24, 2.45) is 5.41 Å². The van der Waals surface area contributed by atoms with Crippen LogP contribution in [-0.2, 0) is 12.0 Å². The van der Waals surface area contributed by atoms with Gasteiger partial charge in [-0.3, -0.25) is 0 Å². The minimum Gasteiger partial charge on any atom is -0.307 e. The Morgan fingerprint density at radius 2 is 1.53 bits per heavy atom. The summed E-state index contributed by atoms with van der Waals surface area (Å²) < 4.78 is 0. The monoisotopic (exact) mass is 281 g/mol. The molecule has 1 aromatic heterocycles. The van der Waals surface area contributed by atoms with Gasteiger partial charge in [0, 0.05) is 21.8 Å². The first-order valence-corrected chi connectivity index (χ1v) is 8.05. The normalized spacial score (nSPS) is 13.9. The molecule has 0 aromatic carbocycles. The third-order valence-corrected chi connectivity index (χ3v) is 4.63. The molecular formula is C17H31NS. The van der Waals surface area contributed by atoms with Gasteiger partial charge >= 0.3 is 0 Å². The van der Waals surface area contributed by atoms with Crippen molar-refractivity contribution < 1.29 is 0 Å². The van der Waals surface area contributed by atoms with Gasteiger partial charge in [-0.05, 0) is 43.2 Å². The molecule has 1 rings (SSSR count). The number of nitrogens with one attached hydrogen (secondary N) is 1. The van der Waals surface area contributed by atoms with Crippen molar-refractivity contribution >= 4 is 11.3 Å². The zero-order valence-corrected chi connectivity index (χ0v) is 14.8. The summed E-state index contributed by atoms with van der Waals surface area (Å²) in [5.41, 5.74) is 0.816. The first-order chi connectivity index (χ1) is 8.39. The molecule has 0 fully saturated rings. The van der Waals surface area contributed by atoms with Gasteiger partial charge < -0.3 is 5.32 Å². The minimum atomic E-state index is 0.185. The number of thiophene rings is 1. The lowest BCUT2D eigenvalue weighted by molar-refractivity contribution is 0.241. The molecule has 0 aliphatic rings. The first-order valence-electron chi connectivity index (χ1n) is 7.23. The Hall–Kier alpha value is -0.340. The number of hydrogen-bond donors (Lipinski definition) is 1. The van der Waals surface area contributed by atoms with Crippen molar-refractivity contribution in [3.05, 3.63) is 21.9 Å². The maximum atomic E-state index is 3.71. The predicted molar refractivity (Wildman–Crippen MR) is 88.0 cm³/mol. The van der Waals surface area contributed by atoms with Gasteiger partial charge in [0.15, 0.2) is 0 Å². The summed E-state index contributed by atoms with van der Waals surface area (Å²) in [5, 5.41) is 3.71. The molecule has 0 spiro atoms. The largest absolute Gasteiger partial charge is 0.307 e. The summed E-state index contributed by atoms with van der Waals surface area (Å²) in [6, 6.07) is 4.55. The van der Waals surface area contributed by atoms with Crippen LogP contribution < -0.4 is 5.32 Å². The summed E-state index contributed by atoms with van der Waals surface area (Å²) in [6.45, 7) is 19.3. The van der Waals surface area contributed by atoms with Gasteiger partial charge in [-0.15, -0.1) is 11.3 Å². The maximum Gasteiger partial charge on any atom is 0.0304 e. The zero-order chi connectivity index (χ0) is 14.9. The van der Waals surface area contributed by atoms with Crippen molar-refractivity contribution in [3.8, 4) is 0 Å². The molecule has 0 aliphatic carbocycles. The van der Waals surface area contributed by atoms with E-state index in [-0.39, 0.29) is 11.0 Å². The van der Waals surface area contributed by atoms with Crippen LogP contribution in [0.2, 0.25) is 0 Å². The fourth-order valence-corrected chi connectivity index (χ4v) is 3.60. The Balaban J connectivity index is 2.60. The summed E-state index contributed by atoms with van der Waals surface area (Å²) in [5.74, 6) is 0. The molecule has 1 N–H and O–H groups in total. The van der Waals surface area contributed by atoms with Crippen LogP contribution >= 0.6 is 11.3 Å². The van der Waals surface area contributed by atoms with Crippen LogP contribution in [0.5, 0.6) is 0 Å². The molecule has 1 aromatic rings. The van der Waals surface area contributed by atoms with Crippen LogP contribution in [-0.4, -0.2) is 5.54 Å². The molecule has 0 bridgehead atoms. The molecule has 19 heavy (non-hydrogen) atoms. The minimum absolute atomic E-state index is 0.185. The topological polar surface area (TPSA) is 12.0 Å². The molecule has 0 saturated heterocycles. The zero-order valence-electron chi connectivity index (χ0n) is 14.0. The fourth-order valence-electron chi connectivity index (χ4n) is 2.59. The van der Waals surface area contributed by atoms with Crippen LogP contribution in [0.3, 0.4) is 0 Å². The standard InChI is InChI=1S/C17H31NS/c1-15(2,3)12-17(7,8)18-11-13-9-10-14(19-13)16(4,5)6/h9-10,18H,11-12H2,1-8H3. The van der Waals surface area contributed by atoms with Gasteiger partial charge in [0.05, 0.1) is 0 Å². The van der Waals surface area contributed by atoms with Crippen molar-refractivity contribution in [3.63, 3.8) is 0 Å². The molecular weight excluding hydrogens is 250 g/mol. The average molecular weight is 282 g/mol. The van der Waals surface area contributed by atoms with Gasteiger partial charge in [-0.25, -0.2) is 0 Å². The smallest absolute Gasteiger partial charge is 0.0304 e. The van der Waals surface area contributed by atoms with E-state index >= 15 is 0 Å². The summed E-state index contributed by atoms with van der Waals surface area (Å²) in [7, 11) is 0. The van der Waals surface area contributed by atoms with Gasteiger partial charge in [0.25, 0.3) is 0 Å². The quantitative estimate of drug-likeness (QED) is 0.784. The second kappa shape index (κ2) is 5.57. The lowest BCUT2D eigenvalue weighted by Gasteiger charge is -2.33. The average Bonchev–Trinajstić information content (AvgIpc) is 2.58. The molecule has 0 amide bonds. The van der Waals surface area contributed by atoms with E-state index < -0.39 is 0 Å². The van der Waals surface area contributed by atoms with E-state index in [0.717, 1.165) is 6.54 Å². The molecule has 0 saturated carbocycles. The van der Waals surface area contributed by atoms with Crippen molar-refractivity contribution in [2.75, 3.05) is 0 Å². The lowest BCUT2D eigenvalue weighted by atomic mass is 9.82. The highest BCUT2D eigenvalue weighted by Crippen LogP contribution is 2.31. The highest BCUT2D eigenvalue weighted by Gasteiger charge is 2.25. The van der Waals surface area contributed by atoms with Gasteiger partial charge in [0.2, 0.25) is 0 Å². The SMILES string of the molecule is CC(C)(C)CC(C)(C)NCc1ccc(C(C)(C)C)s1. The lowest BCUT2D eigenvalue weighted by Crippen LogP contribution is -2.41. The van der Waals surface area contributed by atoms with Crippen LogP contribution in [0, 0.1) is 5.41 Å². The summed E-state index contributed by atoms with van der Waals surface area (Å²) in [4.78, 5) is 2.91. The molecule has 1 heterocycles. The Morgan fingerprint density at radius 1 is 0.947 bits per heavy atom. The van der Waals surface area contributed by atoms with E-state index in [1.54, 1.807) is 0 Å². The van der Waals surface area contributed by atoms with E-state index in [2.05, 4.69) is 72.8 Å². The Morgan fingerprint density at radius 3 is 1.95 bits per heavy atom. The second-order valence-corrected chi connectivity index (χ2v) is 9.66. The number of rotatable bonds is 4. The Kier molecular flexibility index (Phi) is 4.90. The Labute approximate surface area is 123 Å². The molecule has 0 aliphatic heterocycles. The van der Waals surface area contributed by atoms with Crippen molar-refractivity contribution in [2.45, 2.75) is 79.3 Å². The van der Waals surface area contributed by atoms with Gasteiger partial charge in [-0.1, -0.05) is 41.5 Å². The molecule has 0 atom stereocenters. The molecule has 2 heteroatoms. The molecule has 110 valence electrons. The van der Waals surface area contributed by atoms with Crippen LogP contribution in [0.1, 0.15) is 71.6 Å². The van der Waals surface area contributed by atoms with Gasteiger partial charge in [-0.2, -0.15) is 0 Å². The second-order valence-electron chi connectivity index (χ2n) is 8.49. The first kappa shape index (κ1) is 16.7. The Bertz CT molecular complexity index is 402. The molecule has 1 nitrogen and oxygen atoms in total. The van der Waals surface area contributed by atoms with E-state index in [1.807, 2.05) is 11.3 Å². The van der Waals surface area contributed by atoms with Crippen LogP contribution in [0.25, 0.3) is 0 Å². The maximum absolute atomic E-state index is 3.71. The van der Waals surface area contributed by atoms with Crippen molar-refractivity contribution in [1.29, 1.82) is 0 Å². The van der Waals surface area contributed by atoms with Gasteiger partial charge in [0.1, 0.15) is 0 Å². The highest BCUT2D eigenvalue weighted by atomic mass is 32.1. The third-order valence-electron chi connectivity index (χ3n) is 3.11. The van der Waals surface area contributed by atoms with Crippen molar-refractivity contribution in [1.82, 2.24) is 5.32 Å². The summed E-state index contributed by atoms with van der Waals surface area (Å²) >= 11 is 1.94. The van der Waals surface area contributed by atoms with Crippen LogP contribution in [0.4, 0.5) is 0 Å². The molecule has 0 radical (unpaired) electrons. The predicted octanol–water partition coefficient (Wildman–Crippen LogP) is 5.35. The molecule has 0 unspecified atom stereocenters. The third kappa shape index (κ3) is 6.09. The number of hydrogen-bond acceptors (Lipinski definition) is 2. The van der Waals surface area contributed by atoms with E-state index in [4.69, 9.17) is 0 Å².